The third-order valence-corrected chi connectivity index (χ3v) is 2.35. The SMILES string of the molecule is CC/C(C)=C/N1CCCCC1. The van der Waals surface area contributed by atoms with Crippen molar-refractivity contribution in [2.24, 2.45) is 0 Å². The first kappa shape index (κ1) is 8.63. The molecule has 0 aromatic heterocycles. The molecular formula is C10H19N. The first-order chi connectivity index (χ1) is 5.33. The van der Waals surface area contributed by atoms with Gasteiger partial charge in [0.2, 0.25) is 0 Å². The summed E-state index contributed by atoms with van der Waals surface area (Å²) in [6, 6.07) is 0. The number of rotatable bonds is 2. The predicted octanol–water partition coefficient (Wildman–Crippen LogP) is 2.79. The maximum atomic E-state index is 2.46. The second-order valence-corrected chi connectivity index (χ2v) is 3.43. The van der Waals surface area contributed by atoms with Crippen LogP contribution in [0.25, 0.3) is 0 Å². The average Bonchev–Trinajstić information content (AvgIpc) is 2.06. The zero-order valence-corrected chi connectivity index (χ0v) is 7.77. The largest absolute Gasteiger partial charge is 0.377 e. The average molecular weight is 153 g/mol. The van der Waals surface area contributed by atoms with E-state index in [1.807, 2.05) is 0 Å². The van der Waals surface area contributed by atoms with Gasteiger partial charge in [-0.15, -0.1) is 0 Å². The summed E-state index contributed by atoms with van der Waals surface area (Å²) in [5.41, 5.74) is 1.51. The standard InChI is InChI=1S/C10H19N/c1-3-10(2)9-11-7-5-4-6-8-11/h9H,3-8H2,1-2H3/b10-9+. The molecule has 0 aromatic carbocycles. The fourth-order valence-electron chi connectivity index (χ4n) is 1.45. The van der Waals surface area contributed by atoms with Crippen molar-refractivity contribution in [1.29, 1.82) is 0 Å². The molecule has 1 aliphatic rings. The normalized spacial score (nSPS) is 20.5. The zero-order chi connectivity index (χ0) is 8.10. The van der Waals surface area contributed by atoms with Gasteiger partial charge in [0.15, 0.2) is 0 Å². The summed E-state index contributed by atoms with van der Waals surface area (Å²) in [4.78, 5) is 2.46. The van der Waals surface area contributed by atoms with Crippen LogP contribution < -0.4 is 0 Å². The van der Waals surface area contributed by atoms with E-state index >= 15 is 0 Å². The highest BCUT2D eigenvalue weighted by Crippen LogP contribution is 2.11. The molecule has 0 aromatic rings. The van der Waals surface area contributed by atoms with E-state index in [2.05, 4.69) is 24.9 Å². The summed E-state index contributed by atoms with van der Waals surface area (Å²) in [6.45, 7) is 6.99. The van der Waals surface area contributed by atoms with Gasteiger partial charge in [-0.25, -0.2) is 0 Å². The molecule has 0 amide bonds. The van der Waals surface area contributed by atoms with Crippen LogP contribution in [0.15, 0.2) is 11.8 Å². The molecule has 11 heavy (non-hydrogen) atoms. The highest BCUT2D eigenvalue weighted by atomic mass is 15.1. The zero-order valence-electron chi connectivity index (χ0n) is 7.77. The highest BCUT2D eigenvalue weighted by Gasteiger charge is 2.05. The Labute approximate surface area is 70.1 Å². The molecule has 1 saturated heterocycles. The lowest BCUT2D eigenvalue weighted by Crippen LogP contribution is -2.24. The fourth-order valence-corrected chi connectivity index (χ4v) is 1.45. The smallest absolute Gasteiger partial charge is 0.0172 e. The van der Waals surface area contributed by atoms with Gasteiger partial charge in [0, 0.05) is 13.1 Å². The Morgan fingerprint density at radius 2 is 1.91 bits per heavy atom. The van der Waals surface area contributed by atoms with Crippen molar-refractivity contribution in [3.8, 4) is 0 Å². The minimum absolute atomic E-state index is 1.19. The quantitative estimate of drug-likeness (QED) is 0.589. The molecule has 0 saturated carbocycles. The Morgan fingerprint density at radius 3 is 2.45 bits per heavy atom. The maximum Gasteiger partial charge on any atom is 0.0172 e. The van der Waals surface area contributed by atoms with E-state index in [4.69, 9.17) is 0 Å². The van der Waals surface area contributed by atoms with Crippen LogP contribution >= 0.6 is 0 Å². The van der Waals surface area contributed by atoms with E-state index in [-0.39, 0.29) is 0 Å². The number of piperidine rings is 1. The van der Waals surface area contributed by atoms with Gasteiger partial charge in [0.25, 0.3) is 0 Å². The molecule has 1 rings (SSSR count). The Kier molecular flexibility index (Phi) is 3.47. The van der Waals surface area contributed by atoms with Crippen molar-refractivity contribution in [2.75, 3.05) is 13.1 Å². The molecule has 0 N–H and O–H groups in total. The second-order valence-electron chi connectivity index (χ2n) is 3.43. The first-order valence-electron chi connectivity index (χ1n) is 4.74. The Balaban J connectivity index is 2.34. The molecule has 1 heteroatoms. The number of nitrogens with zero attached hydrogens (tertiary/aromatic N) is 1. The van der Waals surface area contributed by atoms with Crippen LogP contribution in [0.5, 0.6) is 0 Å². The van der Waals surface area contributed by atoms with Gasteiger partial charge in [0.1, 0.15) is 0 Å². The Hall–Kier alpha value is -0.460. The van der Waals surface area contributed by atoms with Gasteiger partial charge in [-0.3, -0.25) is 0 Å². The van der Waals surface area contributed by atoms with Crippen molar-refractivity contribution >= 4 is 0 Å². The van der Waals surface area contributed by atoms with E-state index in [1.165, 1.54) is 44.3 Å². The molecule has 1 nitrogen and oxygen atoms in total. The van der Waals surface area contributed by atoms with Crippen LogP contribution in [0.4, 0.5) is 0 Å². The van der Waals surface area contributed by atoms with Crippen LogP contribution in [0.2, 0.25) is 0 Å². The highest BCUT2D eigenvalue weighted by molar-refractivity contribution is 4.96. The second kappa shape index (κ2) is 4.42. The van der Waals surface area contributed by atoms with Crippen molar-refractivity contribution in [2.45, 2.75) is 39.5 Å². The number of allylic oxidation sites excluding steroid dienone is 1. The third kappa shape index (κ3) is 2.96. The van der Waals surface area contributed by atoms with Crippen LogP contribution in [-0.2, 0) is 0 Å². The minimum Gasteiger partial charge on any atom is -0.377 e. The number of hydrogen-bond acceptors (Lipinski definition) is 1. The number of hydrogen-bond donors (Lipinski definition) is 0. The van der Waals surface area contributed by atoms with Gasteiger partial charge in [-0.2, -0.15) is 0 Å². The molecule has 0 radical (unpaired) electrons. The van der Waals surface area contributed by atoms with Crippen LogP contribution in [0.3, 0.4) is 0 Å². The first-order valence-corrected chi connectivity index (χ1v) is 4.74. The van der Waals surface area contributed by atoms with E-state index in [9.17, 15) is 0 Å². The van der Waals surface area contributed by atoms with Crippen LogP contribution in [0.1, 0.15) is 39.5 Å². The summed E-state index contributed by atoms with van der Waals surface area (Å²) in [6.07, 6.45) is 7.71. The van der Waals surface area contributed by atoms with Crippen molar-refractivity contribution in [1.82, 2.24) is 4.90 Å². The summed E-state index contributed by atoms with van der Waals surface area (Å²) < 4.78 is 0. The Bertz CT molecular complexity index is 132. The maximum absolute atomic E-state index is 2.46. The molecule has 1 aliphatic heterocycles. The summed E-state index contributed by atoms with van der Waals surface area (Å²) in [5, 5.41) is 0. The lowest BCUT2D eigenvalue weighted by molar-refractivity contribution is 0.307. The van der Waals surface area contributed by atoms with Gasteiger partial charge in [0.05, 0.1) is 0 Å². The van der Waals surface area contributed by atoms with Gasteiger partial charge >= 0.3 is 0 Å². The lowest BCUT2D eigenvalue weighted by Gasteiger charge is -2.25. The molecule has 1 heterocycles. The van der Waals surface area contributed by atoms with E-state index < -0.39 is 0 Å². The minimum atomic E-state index is 1.19. The molecular weight excluding hydrogens is 134 g/mol. The van der Waals surface area contributed by atoms with Gasteiger partial charge in [-0.05, 0) is 38.8 Å². The fraction of sp³-hybridized carbons (Fsp3) is 0.800. The van der Waals surface area contributed by atoms with Crippen LogP contribution in [0, 0.1) is 0 Å². The molecule has 0 spiro atoms. The lowest BCUT2D eigenvalue weighted by atomic mass is 10.1. The van der Waals surface area contributed by atoms with Crippen molar-refractivity contribution in [3.05, 3.63) is 11.8 Å². The summed E-state index contributed by atoms with van der Waals surface area (Å²) in [5.74, 6) is 0. The Morgan fingerprint density at radius 1 is 1.27 bits per heavy atom. The topological polar surface area (TPSA) is 3.24 Å². The van der Waals surface area contributed by atoms with Gasteiger partial charge in [-0.1, -0.05) is 12.5 Å². The van der Waals surface area contributed by atoms with Crippen molar-refractivity contribution in [3.63, 3.8) is 0 Å². The molecule has 0 unspecified atom stereocenters. The van der Waals surface area contributed by atoms with Gasteiger partial charge < -0.3 is 4.90 Å². The van der Waals surface area contributed by atoms with Crippen LogP contribution in [-0.4, -0.2) is 18.0 Å². The third-order valence-electron chi connectivity index (χ3n) is 2.35. The van der Waals surface area contributed by atoms with Crippen molar-refractivity contribution < 1.29 is 0 Å². The monoisotopic (exact) mass is 153 g/mol. The van der Waals surface area contributed by atoms with E-state index in [0.29, 0.717) is 0 Å². The molecule has 0 bridgehead atoms. The summed E-state index contributed by atoms with van der Waals surface area (Å²) in [7, 11) is 0. The predicted molar refractivity (Wildman–Crippen MR) is 49.5 cm³/mol. The molecule has 1 fully saturated rings. The number of likely N-dealkylation sites (tertiary alicyclic amines) is 1. The van der Waals surface area contributed by atoms with E-state index in [0.717, 1.165) is 0 Å². The molecule has 64 valence electrons. The molecule has 0 atom stereocenters. The summed E-state index contributed by atoms with van der Waals surface area (Å²) >= 11 is 0. The molecule has 0 aliphatic carbocycles. The van der Waals surface area contributed by atoms with E-state index in [1.54, 1.807) is 0 Å².